The van der Waals surface area contributed by atoms with Crippen LogP contribution in [0.4, 0.5) is 11.4 Å². The van der Waals surface area contributed by atoms with Crippen LogP contribution in [0.3, 0.4) is 0 Å². The van der Waals surface area contributed by atoms with Gasteiger partial charge in [0.2, 0.25) is 0 Å². The van der Waals surface area contributed by atoms with Crippen molar-refractivity contribution in [3.05, 3.63) is 72.8 Å². The highest BCUT2D eigenvalue weighted by Gasteiger charge is 2.03. The number of aromatic hydroxyl groups is 2. The van der Waals surface area contributed by atoms with E-state index < -0.39 is 0 Å². The molecule has 0 amide bonds. The van der Waals surface area contributed by atoms with E-state index in [4.69, 9.17) is 0 Å². The van der Waals surface area contributed by atoms with E-state index in [-0.39, 0.29) is 26.4 Å². The van der Waals surface area contributed by atoms with Gasteiger partial charge in [-0.25, -0.2) is 0 Å². The maximum absolute atomic E-state index is 9.72. The molecule has 4 aromatic rings. The van der Waals surface area contributed by atoms with Crippen LogP contribution in [0.5, 0.6) is 11.5 Å². The molecule has 34 heavy (non-hydrogen) atoms. The Morgan fingerprint density at radius 3 is 1.15 bits per heavy atom. The molecular weight excluding hydrogens is 420 g/mol. The average Bonchev–Trinajstić information content (AvgIpc) is 2.82. The third-order valence-electron chi connectivity index (χ3n) is 4.10. The molecule has 0 atom stereocenters. The highest BCUT2D eigenvalue weighted by molar-refractivity contribution is 5.93. The Morgan fingerprint density at radius 2 is 0.853 bits per heavy atom. The summed E-state index contributed by atoms with van der Waals surface area (Å²) < 4.78 is 0. The SMILES string of the molecule is C.C.C=Nc1ccc2ccccc2c1O.C=Nc1ccc2ccccc2c1O.CCC.CCC. The fourth-order valence-electron chi connectivity index (χ4n) is 2.74. The predicted octanol–water partition coefficient (Wildman–Crippen LogP) is 9.86. The number of aliphatic imine (C=N–C) groups is 2. The smallest absolute Gasteiger partial charge is 0.148 e. The number of phenolic OH excluding ortho intramolecular Hbond substituents is 2. The number of nitrogens with zero attached hydrogens (tertiary/aromatic N) is 2. The third-order valence-corrected chi connectivity index (χ3v) is 4.10. The van der Waals surface area contributed by atoms with Crippen LogP contribution in [-0.2, 0) is 0 Å². The quantitative estimate of drug-likeness (QED) is 0.291. The number of phenols is 2. The van der Waals surface area contributed by atoms with Gasteiger partial charge in [-0.05, 0) is 36.3 Å². The molecule has 4 rings (SSSR count). The Labute approximate surface area is 206 Å². The summed E-state index contributed by atoms with van der Waals surface area (Å²) in [6.45, 7) is 15.3. The van der Waals surface area contributed by atoms with Crippen molar-refractivity contribution in [1.82, 2.24) is 0 Å². The highest BCUT2D eigenvalue weighted by Crippen LogP contribution is 2.34. The fourth-order valence-corrected chi connectivity index (χ4v) is 2.74. The Balaban J connectivity index is 0. The lowest BCUT2D eigenvalue weighted by Gasteiger charge is -2.02. The lowest BCUT2D eigenvalue weighted by molar-refractivity contribution is 0.483. The first-order valence-corrected chi connectivity index (χ1v) is 10.8. The van der Waals surface area contributed by atoms with E-state index in [9.17, 15) is 10.2 Å². The van der Waals surface area contributed by atoms with Crippen LogP contribution < -0.4 is 0 Å². The second kappa shape index (κ2) is 17.8. The highest BCUT2D eigenvalue weighted by atomic mass is 16.3. The molecule has 0 saturated carbocycles. The zero-order valence-corrected chi connectivity index (χ0v) is 19.5. The van der Waals surface area contributed by atoms with E-state index in [2.05, 4.69) is 51.1 Å². The molecule has 2 N–H and O–H groups in total. The first-order valence-electron chi connectivity index (χ1n) is 10.8. The van der Waals surface area contributed by atoms with Crippen LogP contribution >= 0.6 is 0 Å². The van der Waals surface area contributed by atoms with Crippen molar-refractivity contribution in [2.24, 2.45) is 9.98 Å². The molecule has 0 aliphatic rings. The first kappa shape index (κ1) is 32.5. The molecule has 4 nitrogen and oxygen atoms in total. The van der Waals surface area contributed by atoms with Gasteiger partial charge in [0.15, 0.2) is 0 Å². The maximum Gasteiger partial charge on any atom is 0.148 e. The molecule has 4 aromatic carbocycles. The van der Waals surface area contributed by atoms with Gasteiger partial charge < -0.3 is 10.2 Å². The molecule has 0 radical (unpaired) electrons. The summed E-state index contributed by atoms with van der Waals surface area (Å²) in [6, 6.07) is 22.6. The van der Waals surface area contributed by atoms with Crippen molar-refractivity contribution in [1.29, 1.82) is 0 Å². The zero-order chi connectivity index (χ0) is 23.9. The van der Waals surface area contributed by atoms with E-state index in [1.165, 1.54) is 12.8 Å². The molecule has 0 bridgehead atoms. The van der Waals surface area contributed by atoms with Gasteiger partial charge in [-0.15, -0.1) is 0 Å². The lowest BCUT2D eigenvalue weighted by Crippen LogP contribution is -1.73. The first-order chi connectivity index (χ1) is 15.5. The van der Waals surface area contributed by atoms with Crippen LogP contribution in [-0.4, -0.2) is 23.6 Å². The molecule has 184 valence electrons. The summed E-state index contributed by atoms with van der Waals surface area (Å²) in [4.78, 5) is 7.44. The minimum Gasteiger partial charge on any atom is -0.505 e. The molecule has 0 aromatic heterocycles. The van der Waals surface area contributed by atoms with Gasteiger partial charge in [-0.3, -0.25) is 9.98 Å². The minimum atomic E-state index is 0. The van der Waals surface area contributed by atoms with E-state index >= 15 is 0 Å². The molecule has 0 saturated heterocycles. The molecule has 0 spiro atoms. The van der Waals surface area contributed by atoms with Crippen LogP contribution in [0.1, 0.15) is 55.4 Å². The Bertz CT molecular complexity index is 1050. The lowest BCUT2D eigenvalue weighted by atomic mass is 10.1. The Morgan fingerprint density at radius 1 is 0.559 bits per heavy atom. The normalized spacial score (nSPS) is 8.82. The summed E-state index contributed by atoms with van der Waals surface area (Å²) in [5.74, 6) is 0.404. The second-order valence-corrected chi connectivity index (χ2v) is 7.04. The summed E-state index contributed by atoms with van der Waals surface area (Å²) in [6.07, 6.45) is 2.50. The molecular formula is C30H42N2O2. The number of rotatable bonds is 2. The Kier molecular flexibility index (Phi) is 17.1. The summed E-state index contributed by atoms with van der Waals surface area (Å²) >= 11 is 0. The van der Waals surface area contributed by atoms with Crippen molar-refractivity contribution >= 4 is 46.4 Å². The van der Waals surface area contributed by atoms with Crippen molar-refractivity contribution in [2.45, 2.75) is 55.4 Å². The van der Waals surface area contributed by atoms with Crippen molar-refractivity contribution in [2.75, 3.05) is 0 Å². The average molecular weight is 463 g/mol. The van der Waals surface area contributed by atoms with Gasteiger partial charge in [0.1, 0.15) is 22.9 Å². The van der Waals surface area contributed by atoms with Crippen LogP contribution in [0, 0.1) is 0 Å². The van der Waals surface area contributed by atoms with Crippen LogP contribution in [0.15, 0.2) is 82.8 Å². The molecule has 0 aliphatic carbocycles. The number of benzene rings is 4. The monoisotopic (exact) mass is 462 g/mol. The van der Waals surface area contributed by atoms with Gasteiger partial charge in [0.05, 0.1) is 0 Å². The van der Waals surface area contributed by atoms with Gasteiger partial charge in [-0.1, -0.05) is 116 Å². The van der Waals surface area contributed by atoms with Crippen LogP contribution in [0.2, 0.25) is 0 Å². The molecule has 0 unspecified atom stereocenters. The summed E-state index contributed by atoms with van der Waals surface area (Å²) in [7, 11) is 0. The maximum atomic E-state index is 9.72. The molecule has 0 fully saturated rings. The Hall–Kier alpha value is -3.66. The van der Waals surface area contributed by atoms with E-state index in [1.807, 2.05) is 60.7 Å². The number of fused-ring (bicyclic) bond motifs is 2. The predicted molar refractivity (Wildman–Crippen MR) is 155 cm³/mol. The van der Waals surface area contributed by atoms with Crippen molar-refractivity contribution in [3.63, 3.8) is 0 Å². The molecule has 0 aliphatic heterocycles. The van der Waals surface area contributed by atoms with Gasteiger partial charge >= 0.3 is 0 Å². The third kappa shape index (κ3) is 9.07. The fraction of sp³-hybridized carbons (Fsp3) is 0.267. The van der Waals surface area contributed by atoms with E-state index in [0.29, 0.717) is 11.4 Å². The molecule has 4 heteroatoms. The van der Waals surface area contributed by atoms with Crippen LogP contribution in [0.25, 0.3) is 21.5 Å². The summed E-state index contributed by atoms with van der Waals surface area (Å²) in [5, 5.41) is 23.1. The van der Waals surface area contributed by atoms with Gasteiger partial charge in [-0.2, -0.15) is 0 Å². The van der Waals surface area contributed by atoms with E-state index in [1.54, 1.807) is 12.1 Å². The van der Waals surface area contributed by atoms with E-state index in [0.717, 1.165) is 21.5 Å². The minimum absolute atomic E-state index is 0. The topological polar surface area (TPSA) is 65.2 Å². The van der Waals surface area contributed by atoms with Gasteiger partial charge in [0.25, 0.3) is 0 Å². The van der Waals surface area contributed by atoms with Crippen molar-refractivity contribution in [3.8, 4) is 11.5 Å². The standard InChI is InChI=1S/2C11H9NO.2C3H8.2CH4/c2*1-12-10-7-6-8-4-2-3-5-9(8)11(10)13;2*1-3-2;;/h2*2-7,13H,1H2;2*3H2,1-2H3;2*1H4. The number of hydrogen-bond acceptors (Lipinski definition) is 4. The molecule has 0 heterocycles. The summed E-state index contributed by atoms with van der Waals surface area (Å²) in [5.41, 5.74) is 1.05. The number of hydrogen-bond donors (Lipinski definition) is 2. The van der Waals surface area contributed by atoms with Gasteiger partial charge in [0, 0.05) is 10.8 Å². The second-order valence-electron chi connectivity index (χ2n) is 7.04. The largest absolute Gasteiger partial charge is 0.505 e. The van der Waals surface area contributed by atoms with Crippen molar-refractivity contribution < 1.29 is 10.2 Å². The zero-order valence-electron chi connectivity index (χ0n) is 19.5.